The van der Waals surface area contributed by atoms with E-state index in [1.54, 1.807) is 0 Å². The molecular formula is C23H29N7O4S. The largest absolute Gasteiger partial charge is 0.489 e. The Morgan fingerprint density at radius 3 is 2.77 bits per heavy atom. The lowest BCUT2D eigenvalue weighted by atomic mass is 10.1. The monoisotopic (exact) mass is 499 g/mol. The summed E-state index contributed by atoms with van der Waals surface area (Å²) in [6.45, 7) is 2.62. The van der Waals surface area contributed by atoms with Crippen LogP contribution in [0.2, 0.25) is 0 Å². The van der Waals surface area contributed by atoms with Gasteiger partial charge in [-0.05, 0) is 37.8 Å². The quantitative estimate of drug-likeness (QED) is 0.486. The van der Waals surface area contributed by atoms with Crippen molar-refractivity contribution < 1.29 is 17.9 Å². The molecule has 0 radical (unpaired) electrons. The summed E-state index contributed by atoms with van der Waals surface area (Å²) in [7, 11) is -3.02. The molecule has 2 saturated carbocycles. The zero-order chi connectivity index (χ0) is 24.2. The van der Waals surface area contributed by atoms with Crippen molar-refractivity contribution in [2.45, 2.75) is 43.0 Å². The molecular weight excluding hydrogens is 470 g/mol. The van der Waals surface area contributed by atoms with E-state index in [9.17, 15) is 13.2 Å². The standard InChI is InChI=1S/C23H29N7O4S/c24-21(31)18-10-25-23(28-22(18)26-14-1-2-14)27-15-3-6-19-20(9-15)34-12-16-11-29(7-8-30(16)19)13-35(32,33)17-4-5-17/h3,6,9-10,14,16-17H,1-2,4-5,7-8,11-13H2,(H2,24,31)(H2,25,26,27,28)/t16-/m1/s1. The topological polar surface area (TPSA) is 143 Å². The van der Waals surface area contributed by atoms with Gasteiger partial charge in [-0.25, -0.2) is 13.4 Å². The van der Waals surface area contributed by atoms with E-state index < -0.39 is 15.7 Å². The predicted octanol–water partition coefficient (Wildman–Crippen LogP) is 1.31. The number of amides is 1. The van der Waals surface area contributed by atoms with Gasteiger partial charge >= 0.3 is 0 Å². The summed E-state index contributed by atoms with van der Waals surface area (Å²) >= 11 is 0. The Kier molecular flexibility index (Phi) is 5.44. The molecule has 12 heteroatoms. The third-order valence-corrected chi connectivity index (χ3v) is 9.10. The maximum absolute atomic E-state index is 12.4. The van der Waals surface area contributed by atoms with E-state index in [2.05, 4.69) is 25.5 Å². The number of nitrogens with one attached hydrogen (secondary N) is 2. The van der Waals surface area contributed by atoms with Crippen LogP contribution >= 0.6 is 0 Å². The Balaban J connectivity index is 1.15. The fraction of sp³-hybridized carbons (Fsp3) is 0.522. The minimum atomic E-state index is -3.02. The number of hydrogen-bond acceptors (Lipinski definition) is 10. The van der Waals surface area contributed by atoms with Crippen LogP contribution in [-0.4, -0.2) is 78.6 Å². The molecule has 11 nitrogen and oxygen atoms in total. The van der Waals surface area contributed by atoms with E-state index in [0.29, 0.717) is 37.5 Å². The number of anilines is 4. The SMILES string of the molecule is NC(=O)c1cnc(Nc2ccc3c(c2)OC[C@H]2CN(CS(=O)(=O)C4CC4)CCN32)nc1NC1CC1. The number of piperazine rings is 1. The molecule has 2 aromatic rings. The summed E-state index contributed by atoms with van der Waals surface area (Å²) in [5.74, 6) is 1.13. The molecule has 0 bridgehead atoms. The number of nitrogens with two attached hydrogens (primary N) is 1. The van der Waals surface area contributed by atoms with Crippen LogP contribution in [0, 0.1) is 0 Å². The molecule has 186 valence electrons. The van der Waals surface area contributed by atoms with Crippen molar-refractivity contribution in [1.29, 1.82) is 0 Å². The Morgan fingerprint density at radius 2 is 2.03 bits per heavy atom. The van der Waals surface area contributed by atoms with Crippen molar-refractivity contribution in [3.8, 4) is 5.75 Å². The molecule has 1 aromatic carbocycles. The molecule has 6 rings (SSSR count). The molecule has 35 heavy (non-hydrogen) atoms. The highest BCUT2D eigenvalue weighted by Gasteiger charge is 2.39. The number of primary amides is 1. The number of sulfone groups is 1. The average molecular weight is 500 g/mol. The van der Waals surface area contributed by atoms with Gasteiger partial charge in [0.2, 0.25) is 5.95 Å². The third kappa shape index (κ3) is 4.72. The number of carbonyl (C=O) groups excluding carboxylic acids is 1. The van der Waals surface area contributed by atoms with Crippen molar-refractivity contribution >= 4 is 38.9 Å². The summed E-state index contributed by atoms with van der Waals surface area (Å²) in [6, 6.07) is 6.28. The van der Waals surface area contributed by atoms with Crippen LogP contribution in [0.4, 0.5) is 23.1 Å². The van der Waals surface area contributed by atoms with Crippen LogP contribution in [0.3, 0.4) is 0 Å². The van der Waals surface area contributed by atoms with E-state index in [0.717, 1.165) is 49.4 Å². The molecule has 2 aliphatic heterocycles. The first-order valence-corrected chi connectivity index (χ1v) is 13.7. The lowest BCUT2D eigenvalue weighted by Crippen LogP contribution is -2.58. The Hall–Kier alpha value is -3.12. The second-order valence-electron chi connectivity index (χ2n) is 9.77. The number of benzene rings is 1. The third-order valence-electron chi connectivity index (χ3n) is 6.89. The molecule has 0 spiro atoms. The molecule has 4 aliphatic rings. The average Bonchev–Trinajstić information content (AvgIpc) is 3.72. The number of hydrogen-bond donors (Lipinski definition) is 3. The van der Waals surface area contributed by atoms with Crippen molar-refractivity contribution in [2.24, 2.45) is 5.73 Å². The molecule has 4 N–H and O–H groups in total. The van der Waals surface area contributed by atoms with Gasteiger partial charge in [0.05, 0.1) is 22.5 Å². The second-order valence-corrected chi connectivity index (χ2v) is 12.0. The normalized spacial score (nSPS) is 22.1. The summed E-state index contributed by atoms with van der Waals surface area (Å²) in [5, 5.41) is 6.29. The Bertz CT molecular complexity index is 1260. The molecule has 1 atom stereocenters. The van der Waals surface area contributed by atoms with Gasteiger partial charge < -0.3 is 26.0 Å². The van der Waals surface area contributed by atoms with Gasteiger partial charge in [0.25, 0.3) is 5.91 Å². The molecule has 1 amide bonds. The first-order valence-electron chi connectivity index (χ1n) is 12.0. The maximum Gasteiger partial charge on any atom is 0.254 e. The minimum Gasteiger partial charge on any atom is -0.489 e. The summed E-state index contributed by atoms with van der Waals surface area (Å²) in [4.78, 5) is 24.8. The summed E-state index contributed by atoms with van der Waals surface area (Å²) in [5.41, 5.74) is 7.50. The van der Waals surface area contributed by atoms with Crippen molar-refractivity contribution in [3.05, 3.63) is 30.0 Å². The van der Waals surface area contributed by atoms with Crippen LogP contribution in [0.5, 0.6) is 5.75 Å². The Morgan fingerprint density at radius 1 is 1.20 bits per heavy atom. The van der Waals surface area contributed by atoms with E-state index in [1.165, 1.54) is 6.20 Å². The smallest absolute Gasteiger partial charge is 0.254 e. The van der Waals surface area contributed by atoms with Crippen LogP contribution in [0.25, 0.3) is 0 Å². The fourth-order valence-corrected chi connectivity index (χ4v) is 6.51. The highest BCUT2D eigenvalue weighted by molar-refractivity contribution is 7.92. The molecule has 0 unspecified atom stereocenters. The number of aromatic nitrogens is 2. The first kappa shape index (κ1) is 22.4. The molecule has 3 heterocycles. The van der Waals surface area contributed by atoms with Gasteiger partial charge in [-0.2, -0.15) is 4.98 Å². The fourth-order valence-electron chi connectivity index (χ4n) is 4.70. The molecule has 2 aliphatic carbocycles. The van der Waals surface area contributed by atoms with E-state index in [1.807, 2.05) is 23.1 Å². The summed E-state index contributed by atoms with van der Waals surface area (Å²) in [6.07, 6.45) is 5.12. The second kappa shape index (κ2) is 8.52. The molecule has 1 aromatic heterocycles. The number of ether oxygens (including phenoxy) is 1. The van der Waals surface area contributed by atoms with Crippen molar-refractivity contribution in [1.82, 2.24) is 14.9 Å². The van der Waals surface area contributed by atoms with Crippen LogP contribution in [-0.2, 0) is 9.84 Å². The van der Waals surface area contributed by atoms with Gasteiger partial charge in [-0.1, -0.05) is 0 Å². The number of rotatable bonds is 8. The molecule has 1 saturated heterocycles. The van der Waals surface area contributed by atoms with Crippen LogP contribution in [0.1, 0.15) is 36.0 Å². The van der Waals surface area contributed by atoms with E-state index >= 15 is 0 Å². The van der Waals surface area contributed by atoms with Gasteiger partial charge in [-0.15, -0.1) is 0 Å². The van der Waals surface area contributed by atoms with Gasteiger partial charge in [0.1, 0.15) is 24.1 Å². The van der Waals surface area contributed by atoms with E-state index in [4.69, 9.17) is 10.5 Å². The predicted molar refractivity (Wildman–Crippen MR) is 132 cm³/mol. The van der Waals surface area contributed by atoms with Gasteiger partial charge in [0.15, 0.2) is 9.84 Å². The van der Waals surface area contributed by atoms with E-state index in [-0.39, 0.29) is 22.7 Å². The lowest BCUT2D eigenvalue weighted by molar-refractivity contribution is 0.100. The highest BCUT2D eigenvalue weighted by Crippen LogP contribution is 2.38. The van der Waals surface area contributed by atoms with Gasteiger partial charge in [-0.3, -0.25) is 9.69 Å². The Labute approximate surface area is 204 Å². The zero-order valence-electron chi connectivity index (χ0n) is 19.3. The highest BCUT2D eigenvalue weighted by atomic mass is 32.2. The summed E-state index contributed by atoms with van der Waals surface area (Å²) < 4.78 is 30.9. The van der Waals surface area contributed by atoms with Crippen LogP contribution in [0.15, 0.2) is 24.4 Å². The number of carbonyl (C=O) groups is 1. The van der Waals surface area contributed by atoms with Crippen molar-refractivity contribution in [3.63, 3.8) is 0 Å². The zero-order valence-corrected chi connectivity index (χ0v) is 20.1. The number of nitrogens with zero attached hydrogens (tertiary/aromatic N) is 4. The maximum atomic E-state index is 12.4. The number of fused-ring (bicyclic) bond motifs is 3. The minimum absolute atomic E-state index is 0.116. The lowest BCUT2D eigenvalue weighted by Gasteiger charge is -2.45. The first-order chi connectivity index (χ1) is 16.9. The van der Waals surface area contributed by atoms with Crippen LogP contribution < -0.4 is 26.0 Å². The van der Waals surface area contributed by atoms with Crippen molar-refractivity contribution in [2.75, 3.05) is 47.7 Å². The van der Waals surface area contributed by atoms with Gasteiger partial charge in [0, 0.05) is 43.6 Å². The molecule has 3 fully saturated rings.